The monoisotopic (exact) mass is 429 g/mol. The van der Waals surface area contributed by atoms with Gasteiger partial charge in [0.05, 0.1) is 9.92 Å². The van der Waals surface area contributed by atoms with E-state index in [0.717, 1.165) is 0 Å². The fourth-order valence-electron chi connectivity index (χ4n) is 2.67. The average molecular weight is 430 g/mol. The van der Waals surface area contributed by atoms with Crippen molar-refractivity contribution in [2.45, 2.75) is 4.90 Å². The third kappa shape index (κ3) is 4.21. The summed E-state index contributed by atoms with van der Waals surface area (Å²) in [7, 11) is -3.58. The van der Waals surface area contributed by atoms with Crippen LogP contribution in [0.4, 0.5) is 0 Å². The molecular weight excluding hydrogens is 414 g/mol. The van der Waals surface area contributed by atoms with E-state index in [9.17, 15) is 8.42 Å². The molecule has 0 radical (unpaired) electrons. The second kappa shape index (κ2) is 8.16. The average Bonchev–Trinajstić information content (AvgIpc) is 3.15. The molecule has 4 aromatic rings. The molecular formula is C19H16ClN5O3S. The Labute approximate surface area is 172 Å². The first-order chi connectivity index (χ1) is 14.0. The molecule has 4 rings (SSSR count). The van der Waals surface area contributed by atoms with Gasteiger partial charge in [-0.15, -0.1) is 15.3 Å². The van der Waals surface area contributed by atoms with Crippen LogP contribution in [-0.2, 0) is 10.0 Å². The number of ether oxygens (including phenoxy) is 1. The van der Waals surface area contributed by atoms with E-state index in [2.05, 4.69) is 20.0 Å². The van der Waals surface area contributed by atoms with Crippen molar-refractivity contribution in [2.75, 3.05) is 13.2 Å². The highest BCUT2D eigenvalue weighted by atomic mass is 35.5. The Balaban J connectivity index is 1.45. The molecule has 0 aliphatic heterocycles. The summed E-state index contributed by atoms with van der Waals surface area (Å²) in [6.07, 6.45) is 0. The van der Waals surface area contributed by atoms with Crippen LogP contribution >= 0.6 is 11.6 Å². The Morgan fingerprint density at radius 2 is 1.72 bits per heavy atom. The zero-order valence-electron chi connectivity index (χ0n) is 15.1. The van der Waals surface area contributed by atoms with Gasteiger partial charge in [-0.25, -0.2) is 13.1 Å². The van der Waals surface area contributed by atoms with Crippen molar-refractivity contribution in [3.05, 3.63) is 71.8 Å². The standard InChI is InChI=1S/C19H16ClN5O3S/c20-16-9-5-4-8-15(16)19-23-22-17-10-11-18(24-25(17)19)28-13-12-21-29(26,27)14-6-2-1-3-7-14/h1-11,21H,12-13H2. The molecule has 0 atom stereocenters. The number of hydrogen-bond acceptors (Lipinski definition) is 6. The lowest BCUT2D eigenvalue weighted by Gasteiger charge is -2.08. The van der Waals surface area contributed by atoms with E-state index >= 15 is 0 Å². The number of hydrogen-bond donors (Lipinski definition) is 1. The number of benzene rings is 2. The van der Waals surface area contributed by atoms with E-state index in [4.69, 9.17) is 16.3 Å². The summed E-state index contributed by atoms with van der Waals surface area (Å²) >= 11 is 6.25. The Morgan fingerprint density at radius 3 is 2.52 bits per heavy atom. The van der Waals surface area contributed by atoms with Crippen molar-refractivity contribution < 1.29 is 13.2 Å². The number of rotatable bonds is 7. The van der Waals surface area contributed by atoms with E-state index < -0.39 is 10.0 Å². The number of halogens is 1. The SMILES string of the molecule is O=S(=O)(NCCOc1ccc2nnc(-c3ccccc3Cl)n2n1)c1ccccc1. The molecule has 1 N–H and O–H groups in total. The normalized spacial score (nSPS) is 11.6. The van der Waals surface area contributed by atoms with Gasteiger partial charge in [0.15, 0.2) is 11.5 Å². The van der Waals surface area contributed by atoms with Crippen molar-refractivity contribution in [3.8, 4) is 17.3 Å². The molecule has 0 aliphatic carbocycles. The van der Waals surface area contributed by atoms with Crippen LogP contribution in [0.2, 0.25) is 5.02 Å². The van der Waals surface area contributed by atoms with Crippen LogP contribution in [0.25, 0.3) is 17.0 Å². The van der Waals surface area contributed by atoms with E-state index in [-0.39, 0.29) is 18.0 Å². The highest BCUT2D eigenvalue weighted by Gasteiger charge is 2.14. The van der Waals surface area contributed by atoms with Gasteiger partial charge in [-0.1, -0.05) is 41.9 Å². The molecule has 0 aliphatic rings. The van der Waals surface area contributed by atoms with Gasteiger partial charge in [-0.3, -0.25) is 0 Å². The molecule has 29 heavy (non-hydrogen) atoms. The predicted octanol–water partition coefficient (Wildman–Crippen LogP) is 2.80. The lowest BCUT2D eigenvalue weighted by atomic mass is 10.2. The number of nitrogens with one attached hydrogen (secondary N) is 1. The smallest absolute Gasteiger partial charge is 0.240 e. The minimum atomic E-state index is -3.58. The number of sulfonamides is 1. The van der Waals surface area contributed by atoms with Gasteiger partial charge in [0.1, 0.15) is 6.61 Å². The Hall–Kier alpha value is -3.01. The lowest BCUT2D eigenvalue weighted by molar-refractivity contribution is 0.306. The third-order valence-corrected chi connectivity index (χ3v) is 5.86. The van der Waals surface area contributed by atoms with Gasteiger partial charge in [0.2, 0.25) is 15.9 Å². The highest BCUT2D eigenvalue weighted by Crippen LogP contribution is 2.26. The summed E-state index contributed by atoms with van der Waals surface area (Å²) in [4.78, 5) is 0.202. The highest BCUT2D eigenvalue weighted by molar-refractivity contribution is 7.89. The van der Waals surface area contributed by atoms with Crippen LogP contribution in [0.1, 0.15) is 0 Å². The predicted molar refractivity (Wildman–Crippen MR) is 108 cm³/mol. The summed E-state index contributed by atoms with van der Waals surface area (Å²) in [5.41, 5.74) is 1.24. The molecule has 8 nitrogen and oxygen atoms in total. The first-order valence-electron chi connectivity index (χ1n) is 8.69. The Kier molecular flexibility index (Phi) is 5.43. The molecule has 0 amide bonds. The molecule has 148 valence electrons. The minimum Gasteiger partial charge on any atom is -0.475 e. The van der Waals surface area contributed by atoms with Crippen LogP contribution < -0.4 is 9.46 Å². The van der Waals surface area contributed by atoms with Gasteiger partial charge < -0.3 is 4.74 Å². The second-order valence-electron chi connectivity index (χ2n) is 6.00. The maximum atomic E-state index is 12.2. The topological polar surface area (TPSA) is 98.5 Å². The maximum Gasteiger partial charge on any atom is 0.240 e. The van der Waals surface area contributed by atoms with Crippen molar-refractivity contribution in [1.82, 2.24) is 24.5 Å². The van der Waals surface area contributed by atoms with Crippen LogP contribution in [0, 0.1) is 0 Å². The van der Waals surface area contributed by atoms with Gasteiger partial charge in [-0.05, 0) is 30.3 Å². The molecule has 2 aromatic heterocycles. The van der Waals surface area contributed by atoms with Crippen LogP contribution in [0.5, 0.6) is 5.88 Å². The van der Waals surface area contributed by atoms with Crippen LogP contribution in [0.15, 0.2) is 71.6 Å². The van der Waals surface area contributed by atoms with Crippen molar-refractivity contribution in [2.24, 2.45) is 0 Å². The zero-order valence-corrected chi connectivity index (χ0v) is 16.6. The number of nitrogens with zero attached hydrogens (tertiary/aromatic N) is 4. The lowest BCUT2D eigenvalue weighted by Crippen LogP contribution is -2.28. The van der Waals surface area contributed by atoms with Crippen molar-refractivity contribution in [1.29, 1.82) is 0 Å². The number of fused-ring (bicyclic) bond motifs is 1. The summed E-state index contributed by atoms with van der Waals surface area (Å²) in [5, 5.41) is 13.1. The maximum absolute atomic E-state index is 12.2. The van der Waals surface area contributed by atoms with E-state index in [0.29, 0.717) is 27.9 Å². The fraction of sp³-hybridized carbons (Fsp3) is 0.105. The first-order valence-corrected chi connectivity index (χ1v) is 10.6. The molecule has 2 heterocycles. The van der Waals surface area contributed by atoms with Gasteiger partial charge in [0.25, 0.3) is 0 Å². The second-order valence-corrected chi connectivity index (χ2v) is 8.18. The van der Waals surface area contributed by atoms with E-state index in [1.54, 1.807) is 36.4 Å². The summed E-state index contributed by atoms with van der Waals surface area (Å²) in [6, 6.07) is 18.8. The summed E-state index contributed by atoms with van der Waals surface area (Å²) < 4.78 is 34.0. The molecule has 0 spiro atoms. The minimum absolute atomic E-state index is 0.0937. The van der Waals surface area contributed by atoms with Crippen molar-refractivity contribution >= 4 is 27.3 Å². The van der Waals surface area contributed by atoms with Crippen molar-refractivity contribution in [3.63, 3.8) is 0 Å². The Morgan fingerprint density at radius 1 is 0.966 bits per heavy atom. The van der Waals surface area contributed by atoms with Crippen LogP contribution in [-0.4, -0.2) is 41.4 Å². The number of aromatic nitrogens is 4. The molecule has 2 aromatic carbocycles. The third-order valence-electron chi connectivity index (χ3n) is 4.05. The molecule has 0 fully saturated rings. The first kappa shape index (κ1) is 19.3. The summed E-state index contributed by atoms with van der Waals surface area (Å²) in [6.45, 7) is 0.199. The molecule has 10 heteroatoms. The quantitative estimate of drug-likeness (QED) is 0.453. The van der Waals surface area contributed by atoms with Crippen LogP contribution in [0.3, 0.4) is 0 Å². The van der Waals surface area contributed by atoms with Gasteiger partial charge in [0, 0.05) is 18.2 Å². The Bertz CT molecular complexity index is 1250. The zero-order chi connectivity index (χ0) is 20.3. The molecule has 0 saturated heterocycles. The van der Waals surface area contributed by atoms with E-state index in [1.807, 2.05) is 18.2 Å². The van der Waals surface area contributed by atoms with Gasteiger partial charge >= 0.3 is 0 Å². The van der Waals surface area contributed by atoms with Gasteiger partial charge in [-0.2, -0.15) is 4.52 Å². The summed E-state index contributed by atoms with van der Waals surface area (Å²) in [5.74, 6) is 0.797. The molecule has 0 saturated carbocycles. The molecule has 0 unspecified atom stereocenters. The largest absolute Gasteiger partial charge is 0.475 e. The van der Waals surface area contributed by atoms with E-state index in [1.165, 1.54) is 16.6 Å². The fourth-order valence-corrected chi connectivity index (χ4v) is 3.93. The molecule has 0 bridgehead atoms.